The molecule has 1 atom stereocenters. The second-order valence-electron chi connectivity index (χ2n) is 2.85. The Morgan fingerprint density at radius 3 is 2.38 bits per heavy atom. The predicted octanol–water partition coefficient (Wildman–Crippen LogP) is 1.09. The van der Waals surface area contributed by atoms with Crippen LogP contribution in [0.4, 0.5) is 8.78 Å². The number of alkyl halides is 3. The summed E-state index contributed by atoms with van der Waals surface area (Å²) >= 11 is 2.13. The molecule has 0 heterocycles. The largest absolute Gasteiger partial charge is 0.381 e. The van der Waals surface area contributed by atoms with E-state index in [2.05, 4.69) is 20.7 Å². The predicted molar refractivity (Wildman–Crippen MR) is 49.0 cm³/mol. The van der Waals surface area contributed by atoms with Gasteiger partial charge >= 0.3 is 4.83 Å². The summed E-state index contributed by atoms with van der Waals surface area (Å²) in [6.07, 6.45) is 0.219. The van der Waals surface area contributed by atoms with Gasteiger partial charge in [0.1, 0.15) is 0 Å². The molecule has 6 heteroatoms. The summed E-state index contributed by atoms with van der Waals surface area (Å²) in [5.41, 5.74) is 2.98. The summed E-state index contributed by atoms with van der Waals surface area (Å²) < 4.78 is 30.2. The van der Waals surface area contributed by atoms with E-state index in [4.69, 9.17) is 5.73 Å². The normalized spacial score (nSPS) is 17.1. The van der Waals surface area contributed by atoms with Crippen molar-refractivity contribution in [3.8, 4) is 0 Å². The maximum Gasteiger partial charge on any atom is 0.331 e. The van der Waals surface area contributed by atoms with Crippen LogP contribution in [0.25, 0.3) is 0 Å². The Hall–Kier alpha value is 0.220. The molecular weight excluding hydrogens is 248 g/mol. The fraction of sp³-hybridized carbons (Fsp3) is 1.00. The smallest absolute Gasteiger partial charge is 0.331 e. The van der Waals surface area contributed by atoms with Gasteiger partial charge in [0.15, 0.2) is 5.60 Å². The standard InChI is InChI=1S/C7H14BrF2NO2/c1-13-5-6(12,3-2-4-11)7(8,9)10/h12H,2-5,11H2,1H3. The molecule has 0 rings (SSSR count). The molecule has 0 amide bonds. The minimum Gasteiger partial charge on any atom is -0.381 e. The van der Waals surface area contributed by atoms with E-state index in [1.807, 2.05) is 0 Å². The highest BCUT2D eigenvalue weighted by molar-refractivity contribution is 9.10. The Bertz CT molecular complexity index is 154. The van der Waals surface area contributed by atoms with Gasteiger partial charge in [-0.1, -0.05) is 0 Å². The Balaban J connectivity index is 4.34. The molecule has 0 radical (unpaired) electrons. The Labute approximate surface area is 84.4 Å². The van der Waals surface area contributed by atoms with Crippen LogP contribution in [0.1, 0.15) is 12.8 Å². The average Bonchev–Trinajstić information content (AvgIpc) is 1.99. The molecule has 3 N–H and O–H groups in total. The summed E-state index contributed by atoms with van der Waals surface area (Å²) in [5, 5.41) is 9.50. The second kappa shape index (κ2) is 5.19. The Kier molecular flexibility index (Phi) is 5.28. The van der Waals surface area contributed by atoms with Crippen molar-refractivity contribution in [2.24, 2.45) is 5.73 Å². The van der Waals surface area contributed by atoms with Crippen LogP contribution < -0.4 is 5.73 Å². The second-order valence-corrected chi connectivity index (χ2v) is 3.85. The molecule has 0 bridgehead atoms. The summed E-state index contributed by atoms with van der Waals surface area (Å²) in [4.78, 5) is -3.36. The third-order valence-corrected chi connectivity index (χ3v) is 2.44. The molecule has 0 saturated heterocycles. The Morgan fingerprint density at radius 1 is 1.54 bits per heavy atom. The first-order valence-electron chi connectivity index (χ1n) is 3.85. The van der Waals surface area contributed by atoms with Crippen LogP contribution in [0.3, 0.4) is 0 Å². The van der Waals surface area contributed by atoms with Crippen molar-refractivity contribution in [2.45, 2.75) is 23.3 Å². The molecule has 0 saturated carbocycles. The lowest BCUT2D eigenvalue weighted by Crippen LogP contribution is -2.48. The van der Waals surface area contributed by atoms with E-state index in [9.17, 15) is 13.9 Å². The van der Waals surface area contributed by atoms with Gasteiger partial charge in [-0.15, -0.1) is 0 Å². The van der Waals surface area contributed by atoms with E-state index in [1.165, 1.54) is 7.11 Å². The van der Waals surface area contributed by atoms with Crippen LogP contribution in [0.2, 0.25) is 0 Å². The molecule has 0 fully saturated rings. The highest BCUT2D eigenvalue weighted by atomic mass is 79.9. The molecule has 1 unspecified atom stereocenters. The van der Waals surface area contributed by atoms with Gasteiger partial charge in [0.2, 0.25) is 0 Å². The zero-order valence-electron chi connectivity index (χ0n) is 7.40. The number of hydrogen-bond acceptors (Lipinski definition) is 3. The van der Waals surface area contributed by atoms with E-state index in [1.54, 1.807) is 0 Å². The van der Waals surface area contributed by atoms with E-state index >= 15 is 0 Å². The molecule has 0 aliphatic heterocycles. The van der Waals surface area contributed by atoms with E-state index in [-0.39, 0.29) is 13.0 Å². The summed E-state index contributed by atoms with van der Waals surface area (Å²) in [7, 11) is 1.26. The number of halogens is 3. The lowest BCUT2D eigenvalue weighted by Gasteiger charge is -2.31. The fourth-order valence-corrected chi connectivity index (χ4v) is 1.24. The first-order valence-corrected chi connectivity index (χ1v) is 4.65. The highest BCUT2D eigenvalue weighted by Crippen LogP contribution is 2.38. The average molecular weight is 262 g/mol. The van der Waals surface area contributed by atoms with Gasteiger partial charge < -0.3 is 15.6 Å². The first-order chi connectivity index (χ1) is 5.87. The third kappa shape index (κ3) is 3.84. The summed E-state index contributed by atoms with van der Waals surface area (Å²) in [6, 6.07) is 0. The van der Waals surface area contributed by atoms with Crippen LogP contribution in [0.15, 0.2) is 0 Å². The van der Waals surface area contributed by atoms with Crippen LogP contribution >= 0.6 is 15.9 Å². The van der Waals surface area contributed by atoms with Crippen LogP contribution in [-0.4, -0.2) is 35.8 Å². The van der Waals surface area contributed by atoms with Crippen molar-refractivity contribution < 1.29 is 18.6 Å². The molecule has 0 spiro atoms. The fourth-order valence-electron chi connectivity index (χ4n) is 0.929. The van der Waals surface area contributed by atoms with Gasteiger partial charge in [0.25, 0.3) is 0 Å². The lowest BCUT2D eigenvalue weighted by atomic mass is 9.99. The van der Waals surface area contributed by atoms with E-state index in [0.717, 1.165) is 0 Å². The van der Waals surface area contributed by atoms with Gasteiger partial charge in [-0.2, -0.15) is 8.78 Å². The molecule has 80 valence electrons. The molecular formula is C7H14BrF2NO2. The quantitative estimate of drug-likeness (QED) is 0.704. The zero-order chi connectivity index (χ0) is 10.5. The van der Waals surface area contributed by atoms with Crippen LogP contribution in [-0.2, 0) is 4.74 Å². The SMILES string of the molecule is COCC(O)(CCCN)C(F)(F)Br. The zero-order valence-corrected chi connectivity index (χ0v) is 8.98. The van der Waals surface area contributed by atoms with Gasteiger partial charge in [0.05, 0.1) is 6.61 Å². The minimum absolute atomic E-state index is 0.102. The molecule has 0 aliphatic rings. The molecule has 13 heavy (non-hydrogen) atoms. The number of hydrogen-bond donors (Lipinski definition) is 2. The molecule has 0 aromatic rings. The van der Waals surface area contributed by atoms with Gasteiger partial charge in [-0.25, -0.2) is 0 Å². The molecule has 0 aliphatic carbocycles. The Morgan fingerprint density at radius 2 is 2.08 bits per heavy atom. The van der Waals surface area contributed by atoms with E-state index in [0.29, 0.717) is 6.42 Å². The van der Waals surface area contributed by atoms with Crippen LogP contribution in [0, 0.1) is 0 Å². The minimum atomic E-state index is -3.36. The van der Waals surface area contributed by atoms with Gasteiger partial charge in [-0.3, -0.25) is 0 Å². The number of rotatable bonds is 6. The molecule has 3 nitrogen and oxygen atoms in total. The maximum atomic E-state index is 12.8. The number of ether oxygens (including phenoxy) is 1. The number of aliphatic hydroxyl groups is 1. The van der Waals surface area contributed by atoms with Crippen molar-refractivity contribution in [3.05, 3.63) is 0 Å². The number of nitrogens with two attached hydrogens (primary N) is 1. The summed E-state index contributed by atoms with van der Waals surface area (Å²) in [5.74, 6) is 0. The van der Waals surface area contributed by atoms with Crippen molar-refractivity contribution >= 4 is 15.9 Å². The molecule has 0 aromatic heterocycles. The topological polar surface area (TPSA) is 55.5 Å². The monoisotopic (exact) mass is 261 g/mol. The van der Waals surface area contributed by atoms with Crippen LogP contribution in [0.5, 0.6) is 0 Å². The number of methoxy groups -OCH3 is 1. The van der Waals surface area contributed by atoms with Gasteiger partial charge in [-0.05, 0) is 35.3 Å². The van der Waals surface area contributed by atoms with E-state index < -0.39 is 17.0 Å². The first kappa shape index (κ1) is 13.2. The maximum absolute atomic E-state index is 12.8. The highest BCUT2D eigenvalue weighted by Gasteiger charge is 2.50. The van der Waals surface area contributed by atoms with Gasteiger partial charge in [0, 0.05) is 7.11 Å². The van der Waals surface area contributed by atoms with Crippen molar-refractivity contribution in [2.75, 3.05) is 20.3 Å². The van der Waals surface area contributed by atoms with Crippen molar-refractivity contribution in [1.82, 2.24) is 0 Å². The summed E-state index contributed by atoms with van der Waals surface area (Å²) in [6.45, 7) is -0.166. The van der Waals surface area contributed by atoms with Crippen molar-refractivity contribution in [3.63, 3.8) is 0 Å². The molecule has 0 aromatic carbocycles. The lowest BCUT2D eigenvalue weighted by molar-refractivity contribution is -0.151. The van der Waals surface area contributed by atoms with Crippen molar-refractivity contribution in [1.29, 1.82) is 0 Å². The third-order valence-electron chi connectivity index (χ3n) is 1.71.